The van der Waals surface area contributed by atoms with E-state index in [-0.39, 0.29) is 53.1 Å². The first-order chi connectivity index (χ1) is 20.0. The Kier molecular flexibility index (Phi) is 8.65. The summed E-state index contributed by atoms with van der Waals surface area (Å²) < 4.78 is 60.6. The van der Waals surface area contributed by atoms with Crippen LogP contribution < -0.4 is 14.8 Å². The number of piperidine rings is 1. The van der Waals surface area contributed by atoms with Crippen LogP contribution in [-0.2, 0) is 5.41 Å². The van der Waals surface area contributed by atoms with Gasteiger partial charge < -0.3 is 19.3 Å². The Balaban J connectivity index is 1.45. The highest BCUT2D eigenvalue weighted by molar-refractivity contribution is 5.46. The highest BCUT2D eigenvalue weighted by Crippen LogP contribution is 2.34. The topological polar surface area (TPSA) is 122 Å². The second kappa shape index (κ2) is 12.2. The molecule has 0 spiro atoms. The highest BCUT2D eigenvalue weighted by Gasteiger charge is 2.36. The molecule has 0 bridgehead atoms. The predicted molar refractivity (Wildman–Crippen MR) is 146 cm³/mol. The second-order valence-corrected chi connectivity index (χ2v) is 11.5. The van der Waals surface area contributed by atoms with Crippen LogP contribution in [0.5, 0.6) is 11.8 Å². The predicted octanol–water partition coefficient (Wildman–Crippen LogP) is 4.35. The van der Waals surface area contributed by atoms with Gasteiger partial charge in [-0.2, -0.15) is 20.2 Å². The zero-order valence-electron chi connectivity index (χ0n) is 24.0. The van der Waals surface area contributed by atoms with E-state index in [1.54, 1.807) is 19.9 Å². The minimum Gasteiger partial charge on any atom is -0.474 e. The molecule has 2 saturated heterocycles. The molecule has 0 amide bonds. The number of halogens is 3. The molecule has 2 aliphatic rings. The molecule has 224 valence electrons. The van der Waals surface area contributed by atoms with E-state index in [4.69, 9.17) is 19.3 Å². The summed E-state index contributed by atoms with van der Waals surface area (Å²) in [5, 5.41) is 16.4. The normalized spacial score (nSPS) is 23.9. The number of likely N-dealkylation sites (N-methyl/N-ethyl adjacent to an activating group) is 1. The number of rotatable bonds is 9. The Morgan fingerprint density at radius 3 is 2.71 bits per heavy atom. The fourth-order valence-electron chi connectivity index (χ4n) is 5.59. The van der Waals surface area contributed by atoms with Crippen molar-refractivity contribution in [2.45, 2.75) is 82.3 Å². The van der Waals surface area contributed by atoms with Crippen LogP contribution in [0, 0.1) is 23.0 Å². The summed E-state index contributed by atoms with van der Waals surface area (Å²) in [6.07, 6.45) is 0.480. The number of nitrogens with zero attached hydrogens (tertiary/aromatic N) is 6. The van der Waals surface area contributed by atoms with Crippen LogP contribution in [0.4, 0.5) is 13.2 Å². The number of alkyl halides is 1. The Bertz CT molecular complexity index is 1450. The molecule has 10 nitrogen and oxygen atoms in total. The number of ether oxygens (including phenoxy) is 2. The number of aromatic nitrogens is 4. The molecule has 2 aliphatic heterocycles. The first-order valence-electron chi connectivity index (χ1n) is 14.0. The lowest BCUT2D eigenvalue weighted by atomic mass is 9.84. The van der Waals surface area contributed by atoms with Crippen LogP contribution in [0.25, 0.3) is 11.6 Å². The number of hydrogen-bond donors (Lipinski definition) is 1. The molecule has 1 N–H and O–H groups in total. The van der Waals surface area contributed by atoms with E-state index < -0.39 is 29.3 Å². The average Bonchev–Trinajstić information content (AvgIpc) is 3.57. The van der Waals surface area contributed by atoms with Gasteiger partial charge in [-0.3, -0.25) is 4.90 Å². The van der Waals surface area contributed by atoms with Crippen molar-refractivity contribution < 1.29 is 27.2 Å². The summed E-state index contributed by atoms with van der Waals surface area (Å²) in [5.41, 5.74) is -1.11. The molecule has 0 aliphatic carbocycles. The number of hydrogen-bond acceptors (Lipinski definition) is 10. The van der Waals surface area contributed by atoms with Gasteiger partial charge in [0.25, 0.3) is 0 Å². The van der Waals surface area contributed by atoms with E-state index in [1.165, 1.54) is 12.1 Å². The third-order valence-corrected chi connectivity index (χ3v) is 7.93. The van der Waals surface area contributed by atoms with Crippen molar-refractivity contribution in [2.75, 3.05) is 20.1 Å². The fraction of sp³-hybridized carbons (Fsp3) is 0.552. The smallest absolute Gasteiger partial charge is 0.240 e. The van der Waals surface area contributed by atoms with E-state index in [2.05, 4.69) is 31.5 Å². The van der Waals surface area contributed by atoms with Gasteiger partial charge in [-0.15, -0.1) is 0 Å². The van der Waals surface area contributed by atoms with Gasteiger partial charge >= 0.3 is 0 Å². The molecule has 2 aromatic heterocycles. The monoisotopic (exact) mass is 585 g/mol. The van der Waals surface area contributed by atoms with E-state index in [0.29, 0.717) is 38.8 Å². The van der Waals surface area contributed by atoms with Gasteiger partial charge in [0.2, 0.25) is 29.3 Å². The zero-order valence-corrected chi connectivity index (χ0v) is 24.0. The van der Waals surface area contributed by atoms with E-state index in [0.717, 1.165) is 6.07 Å². The number of nitrogens with one attached hydrogen (secondary N) is 1. The third kappa shape index (κ3) is 6.34. The molecule has 0 unspecified atom stereocenters. The van der Waals surface area contributed by atoms with Crippen molar-refractivity contribution in [2.24, 2.45) is 0 Å². The van der Waals surface area contributed by atoms with Crippen molar-refractivity contribution in [1.29, 1.82) is 5.26 Å². The standard InChI is InChI=1S/C29H34F3N7O3/c1-16(22-12-17(30)15-39(22)4)40-23-14-24(41-19-9-11-34-18(13-19)8-10-33)36-26(35-23)27-37-28(42-38-27)29(2,3)20-6-5-7-21(31)25(20)32/h5-7,14,16-19,22,34H,8-9,11-13,15H2,1-4H3/t16-,17+,18+,19-,22-/m0/s1. The maximum atomic E-state index is 14.6. The molecule has 42 heavy (non-hydrogen) atoms. The van der Waals surface area contributed by atoms with Crippen molar-refractivity contribution >= 4 is 0 Å². The molecule has 0 saturated carbocycles. The maximum absolute atomic E-state index is 14.6. The molecule has 5 rings (SSSR count). The Morgan fingerprint density at radius 2 is 1.98 bits per heavy atom. The summed E-state index contributed by atoms with van der Waals surface area (Å²) >= 11 is 0. The van der Waals surface area contributed by atoms with Crippen LogP contribution in [0.3, 0.4) is 0 Å². The van der Waals surface area contributed by atoms with Crippen LogP contribution >= 0.6 is 0 Å². The lowest BCUT2D eigenvalue weighted by Gasteiger charge is -2.29. The van der Waals surface area contributed by atoms with E-state index in [9.17, 15) is 13.2 Å². The lowest BCUT2D eigenvalue weighted by molar-refractivity contribution is 0.113. The van der Waals surface area contributed by atoms with Crippen molar-refractivity contribution in [3.05, 3.63) is 47.4 Å². The second-order valence-electron chi connectivity index (χ2n) is 11.5. The van der Waals surface area contributed by atoms with Gasteiger partial charge in [0.1, 0.15) is 18.4 Å². The molecule has 1 aromatic carbocycles. The van der Waals surface area contributed by atoms with Crippen LogP contribution in [0.1, 0.15) is 57.9 Å². The molecule has 4 heterocycles. The third-order valence-electron chi connectivity index (χ3n) is 7.93. The molecule has 3 aromatic rings. The van der Waals surface area contributed by atoms with Crippen molar-refractivity contribution in [3.8, 4) is 29.5 Å². The fourth-order valence-corrected chi connectivity index (χ4v) is 5.59. The first-order valence-corrected chi connectivity index (χ1v) is 14.0. The number of benzene rings is 1. The molecular weight excluding hydrogens is 551 g/mol. The van der Waals surface area contributed by atoms with Gasteiger partial charge in [-0.25, -0.2) is 13.2 Å². The number of nitriles is 1. The molecule has 2 fully saturated rings. The molecule has 13 heteroatoms. The SMILES string of the molecule is C[C@H](Oc1cc(O[C@H]2CCN[C@H](CC#N)C2)nc(-c2noc(C(C)(C)c3cccc(F)c3F)n2)n1)[C@@H]1C[C@@H](F)CN1C. The Morgan fingerprint density at radius 1 is 1.19 bits per heavy atom. The Hall–Kier alpha value is -3.76. The molecule has 0 radical (unpaired) electrons. The minimum atomic E-state index is -1.17. The molecular formula is C29H34F3N7O3. The summed E-state index contributed by atoms with van der Waals surface area (Å²) in [6.45, 7) is 6.15. The van der Waals surface area contributed by atoms with Crippen molar-refractivity contribution in [1.82, 2.24) is 30.3 Å². The quantitative estimate of drug-likeness (QED) is 0.388. The first kappa shape index (κ1) is 29.7. The summed E-state index contributed by atoms with van der Waals surface area (Å²) in [6, 6.07) is 7.51. The van der Waals surface area contributed by atoms with Gasteiger partial charge in [-0.1, -0.05) is 17.3 Å². The van der Waals surface area contributed by atoms with Gasteiger partial charge in [0.05, 0.1) is 24.0 Å². The number of likely N-dealkylation sites (tertiary alicyclic amines) is 1. The maximum Gasteiger partial charge on any atom is 0.240 e. The van der Waals surface area contributed by atoms with Gasteiger partial charge in [0, 0.05) is 30.6 Å². The summed E-state index contributed by atoms with van der Waals surface area (Å²) in [7, 11) is 1.85. The van der Waals surface area contributed by atoms with Gasteiger partial charge in [-0.05, 0) is 53.3 Å². The molecule has 5 atom stereocenters. The largest absolute Gasteiger partial charge is 0.474 e. The highest BCUT2D eigenvalue weighted by atomic mass is 19.2. The lowest BCUT2D eigenvalue weighted by Crippen LogP contribution is -2.42. The van der Waals surface area contributed by atoms with Crippen molar-refractivity contribution in [3.63, 3.8) is 0 Å². The van der Waals surface area contributed by atoms with E-state index >= 15 is 0 Å². The van der Waals surface area contributed by atoms with Crippen LogP contribution in [0.15, 0.2) is 28.8 Å². The van der Waals surface area contributed by atoms with Crippen LogP contribution in [0.2, 0.25) is 0 Å². The average molecular weight is 586 g/mol. The van der Waals surface area contributed by atoms with E-state index in [1.807, 2.05) is 18.9 Å². The van der Waals surface area contributed by atoms with Crippen LogP contribution in [-0.4, -0.2) is 75.6 Å². The minimum absolute atomic E-state index is 0.00238. The van der Waals surface area contributed by atoms with Gasteiger partial charge in [0.15, 0.2) is 11.6 Å². The summed E-state index contributed by atoms with van der Waals surface area (Å²) in [5.74, 6) is -1.49. The summed E-state index contributed by atoms with van der Waals surface area (Å²) in [4.78, 5) is 15.4. The Labute approximate surface area is 242 Å². The zero-order chi connectivity index (χ0) is 30.0.